The maximum atomic E-state index is 7.38. The number of hydrogen-bond acceptors (Lipinski definition) is 5. The highest BCUT2D eigenvalue weighted by Gasteiger charge is 2.09. The van der Waals surface area contributed by atoms with Gasteiger partial charge < -0.3 is 10.2 Å². The van der Waals surface area contributed by atoms with Gasteiger partial charge in [0.1, 0.15) is 17.1 Å². The van der Waals surface area contributed by atoms with Crippen LogP contribution in [-0.4, -0.2) is 15.8 Å². The van der Waals surface area contributed by atoms with Gasteiger partial charge >= 0.3 is 0 Å². The lowest BCUT2D eigenvalue weighted by Crippen LogP contribution is -2.12. The van der Waals surface area contributed by atoms with Crippen LogP contribution in [0.1, 0.15) is 5.56 Å². The third-order valence-corrected chi connectivity index (χ3v) is 2.55. The van der Waals surface area contributed by atoms with Gasteiger partial charge in [0.15, 0.2) is 0 Å². The van der Waals surface area contributed by atoms with E-state index in [4.69, 9.17) is 15.6 Å². The van der Waals surface area contributed by atoms with Gasteiger partial charge in [-0.3, -0.25) is 5.41 Å². The summed E-state index contributed by atoms with van der Waals surface area (Å²) < 4.78 is 5.07. The van der Waals surface area contributed by atoms with Gasteiger partial charge in [0, 0.05) is 11.8 Å². The van der Waals surface area contributed by atoms with Crippen LogP contribution in [-0.2, 0) is 0 Å². The van der Waals surface area contributed by atoms with E-state index in [-0.39, 0.29) is 5.84 Å². The number of aromatic nitrogens is 2. The monoisotopic (exact) mass is 220 g/mol. The van der Waals surface area contributed by atoms with Crippen LogP contribution in [0.4, 0.5) is 0 Å². The summed E-state index contributed by atoms with van der Waals surface area (Å²) in [7, 11) is 0. The molecule has 2 aromatic rings. The van der Waals surface area contributed by atoms with Crippen molar-refractivity contribution < 1.29 is 4.42 Å². The van der Waals surface area contributed by atoms with E-state index in [1.54, 1.807) is 24.5 Å². The Hall–Kier alpha value is -1.82. The minimum Gasteiger partial charge on any atom is -0.440 e. The Kier molecular flexibility index (Phi) is 2.68. The highest BCUT2D eigenvalue weighted by Crippen LogP contribution is 2.26. The van der Waals surface area contributed by atoms with Crippen molar-refractivity contribution in [1.82, 2.24) is 9.97 Å². The summed E-state index contributed by atoms with van der Waals surface area (Å²) in [5.74, 6) is -0.0165. The van der Waals surface area contributed by atoms with Crippen LogP contribution in [0.25, 0.3) is 0 Å². The molecule has 0 radical (unpaired) electrons. The van der Waals surface area contributed by atoms with Gasteiger partial charge in [-0.1, -0.05) is 0 Å². The highest BCUT2D eigenvalue weighted by molar-refractivity contribution is 7.99. The first-order valence-electron chi connectivity index (χ1n) is 4.14. The molecule has 0 saturated carbocycles. The van der Waals surface area contributed by atoms with E-state index in [0.717, 1.165) is 0 Å². The number of nitrogens with one attached hydrogen (secondary N) is 1. The third-order valence-electron chi connectivity index (χ3n) is 1.65. The maximum absolute atomic E-state index is 7.38. The zero-order valence-corrected chi connectivity index (χ0v) is 8.49. The summed E-state index contributed by atoms with van der Waals surface area (Å²) in [6.45, 7) is 0. The molecule has 0 aliphatic rings. The molecule has 0 bridgehead atoms. The van der Waals surface area contributed by atoms with Gasteiger partial charge in [-0.15, -0.1) is 0 Å². The molecule has 0 atom stereocenters. The van der Waals surface area contributed by atoms with Crippen molar-refractivity contribution in [2.24, 2.45) is 5.73 Å². The Labute approximate surface area is 90.2 Å². The van der Waals surface area contributed by atoms with Crippen molar-refractivity contribution >= 4 is 17.6 Å². The molecule has 2 heterocycles. The first-order chi connectivity index (χ1) is 7.27. The van der Waals surface area contributed by atoms with Crippen molar-refractivity contribution in [3.05, 3.63) is 36.4 Å². The van der Waals surface area contributed by atoms with Crippen molar-refractivity contribution in [2.45, 2.75) is 10.2 Å². The van der Waals surface area contributed by atoms with Crippen LogP contribution in [0.5, 0.6) is 0 Å². The fourth-order valence-electron chi connectivity index (χ4n) is 1.02. The molecule has 0 unspecified atom stereocenters. The lowest BCUT2D eigenvalue weighted by molar-refractivity contribution is 0.454. The first-order valence-corrected chi connectivity index (χ1v) is 4.96. The van der Waals surface area contributed by atoms with Gasteiger partial charge in [-0.25, -0.2) is 9.97 Å². The summed E-state index contributed by atoms with van der Waals surface area (Å²) in [5, 5.41) is 8.48. The normalized spacial score (nSPS) is 10.1. The molecular weight excluding hydrogens is 212 g/mol. The predicted octanol–water partition coefficient (Wildman–Crippen LogP) is 1.50. The summed E-state index contributed by atoms with van der Waals surface area (Å²) in [6, 6.07) is 3.47. The van der Waals surface area contributed by atoms with Crippen LogP contribution in [0, 0.1) is 5.41 Å². The van der Waals surface area contributed by atoms with Crippen molar-refractivity contribution in [3.8, 4) is 0 Å². The molecule has 15 heavy (non-hydrogen) atoms. The molecule has 0 saturated heterocycles. The molecule has 3 N–H and O–H groups in total. The molecule has 0 aliphatic carbocycles. The average Bonchev–Trinajstić information content (AvgIpc) is 2.71. The molecule has 5 nitrogen and oxygen atoms in total. The number of pyridine rings is 1. The van der Waals surface area contributed by atoms with Gasteiger partial charge in [-0.2, -0.15) is 0 Å². The summed E-state index contributed by atoms with van der Waals surface area (Å²) in [5.41, 5.74) is 6.01. The van der Waals surface area contributed by atoms with E-state index < -0.39 is 0 Å². The largest absolute Gasteiger partial charge is 0.440 e. The predicted molar refractivity (Wildman–Crippen MR) is 55.9 cm³/mol. The number of nitrogens with zero attached hydrogens (tertiary/aromatic N) is 2. The fourth-order valence-corrected chi connectivity index (χ4v) is 1.80. The van der Waals surface area contributed by atoms with Gasteiger partial charge in [0.05, 0.1) is 6.20 Å². The van der Waals surface area contributed by atoms with Crippen molar-refractivity contribution in [1.29, 1.82) is 5.41 Å². The summed E-state index contributed by atoms with van der Waals surface area (Å²) in [6.07, 6.45) is 4.68. The lowest BCUT2D eigenvalue weighted by Gasteiger charge is -2.02. The molecule has 0 aliphatic heterocycles. The fraction of sp³-hybridized carbons (Fsp3) is 0. The van der Waals surface area contributed by atoms with E-state index in [1.165, 1.54) is 18.0 Å². The molecule has 76 valence electrons. The molecule has 2 rings (SSSR count). The van der Waals surface area contributed by atoms with E-state index in [2.05, 4.69) is 9.97 Å². The maximum Gasteiger partial charge on any atom is 0.261 e. The number of oxazole rings is 1. The number of nitrogen functional groups attached to an aromatic ring is 1. The number of nitrogens with two attached hydrogens (primary N) is 1. The van der Waals surface area contributed by atoms with E-state index in [9.17, 15) is 0 Å². The van der Waals surface area contributed by atoms with Gasteiger partial charge in [0.2, 0.25) is 0 Å². The second kappa shape index (κ2) is 4.14. The van der Waals surface area contributed by atoms with E-state index >= 15 is 0 Å². The minimum atomic E-state index is -0.0165. The minimum absolute atomic E-state index is 0.0165. The SMILES string of the molecule is N=C(N)c1cccnc1Sc1ncco1. The van der Waals surface area contributed by atoms with Gasteiger partial charge in [-0.05, 0) is 23.9 Å². The molecule has 0 spiro atoms. The first kappa shape index (κ1) is 9.72. The van der Waals surface area contributed by atoms with E-state index in [0.29, 0.717) is 15.8 Å². The Balaban J connectivity index is 2.32. The molecular formula is C9H8N4OS. The highest BCUT2D eigenvalue weighted by atomic mass is 32.2. The molecule has 0 aromatic carbocycles. The van der Waals surface area contributed by atoms with Gasteiger partial charge in [0.25, 0.3) is 5.22 Å². The number of rotatable bonds is 3. The van der Waals surface area contributed by atoms with Crippen molar-refractivity contribution in [3.63, 3.8) is 0 Å². The molecule has 2 aromatic heterocycles. The Morgan fingerprint density at radius 2 is 2.27 bits per heavy atom. The lowest BCUT2D eigenvalue weighted by atomic mass is 10.3. The van der Waals surface area contributed by atoms with Crippen LogP contribution < -0.4 is 5.73 Å². The quantitative estimate of drug-likeness (QED) is 0.604. The molecule has 6 heteroatoms. The summed E-state index contributed by atoms with van der Waals surface area (Å²) in [4.78, 5) is 8.07. The Morgan fingerprint density at radius 1 is 1.40 bits per heavy atom. The number of hydrogen-bond donors (Lipinski definition) is 2. The van der Waals surface area contributed by atoms with Crippen LogP contribution in [0.2, 0.25) is 0 Å². The van der Waals surface area contributed by atoms with E-state index in [1.807, 2.05) is 0 Å². The molecule has 0 fully saturated rings. The topological polar surface area (TPSA) is 88.8 Å². The summed E-state index contributed by atoms with van der Waals surface area (Å²) >= 11 is 1.24. The molecule has 0 amide bonds. The van der Waals surface area contributed by atoms with Crippen LogP contribution in [0.3, 0.4) is 0 Å². The smallest absolute Gasteiger partial charge is 0.261 e. The Morgan fingerprint density at radius 3 is 2.93 bits per heavy atom. The standard InChI is InChI=1S/C9H8N4OS/c10-7(11)6-2-1-3-12-8(6)15-9-13-4-5-14-9/h1-5H,(H3,10,11). The van der Waals surface area contributed by atoms with Crippen LogP contribution >= 0.6 is 11.8 Å². The Bertz CT molecular complexity index is 469. The average molecular weight is 220 g/mol. The zero-order chi connectivity index (χ0) is 10.7. The van der Waals surface area contributed by atoms with Crippen LogP contribution in [0.15, 0.2) is 45.5 Å². The van der Waals surface area contributed by atoms with Crippen molar-refractivity contribution in [2.75, 3.05) is 0 Å². The zero-order valence-electron chi connectivity index (χ0n) is 7.68. The number of amidine groups is 1. The second-order valence-electron chi connectivity index (χ2n) is 2.67. The third kappa shape index (κ3) is 2.16. The second-order valence-corrected chi connectivity index (χ2v) is 3.61.